The van der Waals surface area contributed by atoms with Gasteiger partial charge in [-0.3, -0.25) is 0 Å². The quantitative estimate of drug-likeness (QED) is 0.730. The van der Waals surface area contributed by atoms with Crippen LogP contribution in [0.4, 0.5) is 0 Å². The van der Waals surface area contributed by atoms with Gasteiger partial charge in [-0.05, 0) is 42.3 Å². The second-order valence-corrected chi connectivity index (χ2v) is 5.53. The molecule has 0 unspecified atom stereocenters. The fourth-order valence-corrected chi connectivity index (χ4v) is 3.04. The van der Waals surface area contributed by atoms with E-state index in [4.69, 9.17) is 5.26 Å². The van der Waals surface area contributed by atoms with Crippen LogP contribution in [0.25, 0.3) is 10.8 Å². The molecule has 4 nitrogen and oxygen atoms in total. The lowest BCUT2D eigenvalue weighted by Gasteiger charge is -2.07. The number of hydrogen-bond donors (Lipinski definition) is 1. The molecule has 3 aromatic rings. The van der Waals surface area contributed by atoms with Crippen molar-refractivity contribution >= 4 is 22.5 Å². The average Bonchev–Trinajstić information content (AvgIpc) is 2.50. The lowest BCUT2D eigenvalue weighted by Crippen LogP contribution is -1.93. The van der Waals surface area contributed by atoms with Crippen molar-refractivity contribution in [1.29, 1.82) is 5.26 Å². The van der Waals surface area contributed by atoms with Gasteiger partial charge in [0.15, 0.2) is 5.16 Å². The van der Waals surface area contributed by atoms with E-state index >= 15 is 0 Å². The molecule has 0 saturated heterocycles. The first kappa shape index (κ1) is 13.4. The van der Waals surface area contributed by atoms with Gasteiger partial charge in [0.2, 0.25) is 0 Å². The Morgan fingerprint density at radius 1 is 1.10 bits per heavy atom. The van der Waals surface area contributed by atoms with Gasteiger partial charge in [0.1, 0.15) is 17.5 Å². The molecule has 1 aromatic heterocycles. The summed E-state index contributed by atoms with van der Waals surface area (Å²) in [5.41, 5.74) is 1.11. The highest BCUT2D eigenvalue weighted by atomic mass is 32.2. The number of benzene rings is 2. The fraction of sp³-hybridized carbons (Fsp3) is 0.0625. The van der Waals surface area contributed by atoms with Gasteiger partial charge in [-0.1, -0.05) is 24.3 Å². The Balaban J connectivity index is 2.09. The van der Waals surface area contributed by atoms with Crippen molar-refractivity contribution in [3.63, 3.8) is 0 Å². The molecule has 0 amide bonds. The first-order valence-electron chi connectivity index (χ1n) is 6.32. The summed E-state index contributed by atoms with van der Waals surface area (Å²) in [4.78, 5) is 9.49. The van der Waals surface area contributed by atoms with Crippen LogP contribution in [0.1, 0.15) is 11.4 Å². The number of phenolic OH excluding ortho intramolecular Hbond substituents is 1. The van der Waals surface area contributed by atoms with E-state index < -0.39 is 0 Å². The third kappa shape index (κ3) is 2.67. The molecule has 0 aliphatic rings. The number of nitrogens with zero attached hydrogens (tertiary/aromatic N) is 3. The maximum atomic E-state index is 9.90. The number of nitriles is 1. The minimum absolute atomic E-state index is 0.248. The van der Waals surface area contributed by atoms with Gasteiger partial charge in [0.05, 0.1) is 0 Å². The fourth-order valence-electron chi connectivity index (χ4n) is 2.09. The monoisotopic (exact) mass is 293 g/mol. The minimum atomic E-state index is 0.248. The Kier molecular flexibility index (Phi) is 3.46. The Labute approximate surface area is 126 Å². The van der Waals surface area contributed by atoms with Gasteiger partial charge >= 0.3 is 0 Å². The highest BCUT2D eigenvalue weighted by Gasteiger charge is 2.09. The van der Waals surface area contributed by atoms with Gasteiger partial charge < -0.3 is 5.11 Å². The highest BCUT2D eigenvalue weighted by molar-refractivity contribution is 7.99. The number of fused-ring (bicyclic) bond motifs is 1. The smallest absolute Gasteiger partial charge is 0.193 e. The van der Waals surface area contributed by atoms with Gasteiger partial charge in [0.25, 0.3) is 0 Å². The van der Waals surface area contributed by atoms with Crippen molar-refractivity contribution < 1.29 is 5.11 Å². The van der Waals surface area contributed by atoms with Crippen molar-refractivity contribution in [3.8, 4) is 11.8 Å². The van der Waals surface area contributed by atoms with E-state index in [0.29, 0.717) is 10.9 Å². The molecule has 3 rings (SSSR count). The zero-order valence-corrected chi connectivity index (χ0v) is 12.1. The van der Waals surface area contributed by atoms with Crippen LogP contribution in [0.15, 0.2) is 52.5 Å². The topological polar surface area (TPSA) is 69.8 Å². The van der Waals surface area contributed by atoms with Gasteiger partial charge in [-0.25, -0.2) is 9.97 Å². The van der Waals surface area contributed by atoms with Crippen LogP contribution >= 0.6 is 11.8 Å². The molecule has 0 atom stereocenters. The second-order valence-electron chi connectivity index (χ2n) is 4.52. The van der Waals surface area contributed by atoms with E-state index in [2.05, 4.69) is 9.97 Å². The molecule has 102 valence electrons. The Morgan fingerprint density at radius 2 is 1.86 bits per heavy atom. The summed E-state index contributed by atoms with van der Waals surface area (Å²) in [6.45, 7) is 1.83. The number of phenols is 1. The summed E-state index contributed by atoms with van der Waals surface area (Å²) in [5, 5.41) is 21.1. The molecule has 21 heavy (non-hydrogen) atoms. The van der Waals surface area contributed by atoms with Gasteiger partial charge in [-0.2, -0.15) is 5.26 Å². The van der Waals surface area contributed by atoms with Crippen molar-refractivity contribution in [2.45, 2.75) is 17.0 Å². The number of aromatic hydroxyl groups is 1. The first-order chi connectivity index (χ1) is 10.2. The van der Waals surface area contributed by atoms with Crippen LogP contribution in [-0.4, -0.2) is 15.1 Å². The molecule has 0 aliphatic carbocycles. The number of hydrogen-bond acceptors (Lipinski definition) is 5. The molecule has 0 fully saturated rings. The average molecular weight is 293 g/mol. The molecule has 0 radical (unpaired) electrons. The van der Waals surface area contributed by atoms with Crippen LogP contribution < -0.4 is 0 Å². The predicted molar refractivity (Wildman–Crippen MR) is 81.2 cm³/mol. The number of aromatic nitrogens is 2. The molecule has 0 spiro atoms. The zero-order valence-electron chi connectivity index (χ0n) is 11.2. The van der Waals surface area contributed by atoms with Crippen LogP contribution in [0, 0.1) is 18.3 Å². The third-order valence-corrected chi connectivity index (χ3v) is 3.95. The SMILES string of the molecule is Cc1cc(C#N)nc(Sc2ccc(O)c3ccccc23)n1. The summed E-state index contributed by atoms with van der Waals surface area (Å²) in [6.07, 6.45) is 0. The summed E-state index contributed by atoms with van der Waals surface area (Å²) in [5.74, 6) is 0.248. The van der Waals surface area contributed by atoms with Crippen molar-refractivity contribution in [2.75, 3.05) is 0 Å². The van der Waals surface area contributed by atoms with E-state index in [-0.39, 0.29) is 5.75 Å². The molecule has 5 heteroatoms. The van der Waals surface area contributed by atoms with E-state index in [1.807, 2.05) is 43.3 Å². The molecule has 2 aromatic carbocycles. The molecular formula is C16H11N3OS. The largest absolute Gasteiger partial charge is 0.507 e. The maximum Gasteiger partial charge on any atom is 0.193 e. The molecule has 1 N–H and O–H groups in total. The lowest BCUT2D eigenvalue weighted by molar-refractivity contribution is 0.481. The van der Waals surface area contributed by atoms with Gasteiger partial charge in [-0.15, -0.1) is 0 Å². The van der Waals surface area contributed by atoms with Crippen molar-refractivity contribution in [2.24, 2.45) is 0 Å². The number of aryl methyl sites for hydroxylation is 1. The lowest BCUT2D eigenvalue weighted by atomic mass is 10.1. The highest BCUT2D eigenvalue weighted by Crippen LogP contribution is 2.35. The Hall–Kier alpha value is -2.58. The van der Waals surface area contributed by atoms with E-state index in [9.17, 15) is 5.11 Å². The Morgan fingerprint density at radius 3 is 2.62 bits per heavy atom. The van der Waals surface area contributed by atoms with E-state index in [1.54, 1.807) is 12.1 Å². The Bertz CT molecular complexity index is 871. The first-order valence-corrected chi connectivity index (χ1v) is 7.13. The summed E-state index contributed by atoms with van der Waals surface area (Å²) >= 11 is 1.39. The molecule has 0 bridgehead atoms. The third-order valence-electron chi connectivity index (χ3n) is 3.01. The van der Waals surface area contributed by atoms with Crippen LogP contribution in [-0.2, 0) is 0 Å². The van der Waals surface area contributed by atoms with Crippen molar-refractivity contribution in [1.82, 2.24) is 9.97 Å². The molecule has 0 aliphatic heterocycles. The van der Waals surface area contributed by atoms with E-state index in [0.717, 1.165) is 21.4 Å². The van der Waals surface area contributed by atoms with E-state index in [1.165, 1.54) is 11.8 Å². The minimum Gasteiger partial charge on any atom is -0.507 e. The molecular weight excluding hydrogens is 282 g/mol. The molecule has 1 heterocycles. The normalized spacial score (nSPS) is 10.5. The zero-order chi connectivity index (χ0) is 14.8. The van der Waals surface area contributed by atoms with Gasteiger partial charge in [0, 0.05) is 16.0 Å². The summed E-state index contributed by atoms with van der Waals surface area (Å²) in [7, 11) is 0. The van der Waals surface area contributed by atoms with Crippen molar-refractivity contribution in [3.05, 3.63) is 53.9 Å². The van der Waals surface area contributed by atoms with Crippen LogP contribution in [0.5, 0.6) is 5.75 Å². The molecule has 0 saturated carbocycles. The number of rotatable bonds is 2. The second kappa shape index (κ2) is 5.43. The summed E-state index contributed by atoms with van der Waals surface area (Å²) < 4.78 is 0. The van der Waals surface area contributed by atoms with Crippen LogP contribution in [0.2, 0.25) is 0 Å². The maximum absolute atomic E-state index is 9.90. The standard InChI is InChI=1S/C16H11N3OS/c1-10-8-11(9-17)19-16(18-10)21-15-7-6-14(20)12-4-2-3-5-13(12)15/h2-8,20H,1H3. The predicted octanol–water partition coefficient (Wildman–Crippen LogP) is 3.67. The summed E-state index contributed by atoms with van der Waals surface area (Å²) in [6, 6.07) is 14.8. The van der Waals surface area contributed by atoms with Crippen LogP contribution in [0.3, 0.4) is 0 Å².